The van der Waals surface area contributed by atoms with Gasteiger partial charge >= 0.3 is 5.66 Å². The molecule has 0 spiro atoms. The molecule has 0 saturated heterocycles. The smallest absolute Gasteiger partial charge is 0.305 e. The van der Waals surface area contributed by atoms with E-state index in [0.29, 0.717) is 10.6 Å². The van der Waals surface area contributed by atoms with Crippen molar-refractivity contribution >= 4 is 23.2 Å². The molecule has 0 bridgehead atoms. The lowest BCUT2D eigenvalue weighted by molar-refractivity contribution is 0.0963. The third kappa shape index (κ3) is 2.27. The minimum absolute atomic E-state index is 0.213. The summed E-state index contributed by atoms with van der Waals surface area (Å²) in [6.45, 7) is 7.22. The fourth-order valence-corrected chi connectivity index (χ4v) is 2.22. The molecule has 0 heterocycles. The maximum atomic E-state index is 11.5. The number of anilines is 1. The highest BCUT2D eigenvalue weighted by molar-refractivity contribution is 6.34. The lowest BCUT2D eigenvalue weighted by Gasteiger charge is -2.31. The predicted molar refractivity (Wildman–Crippen MR) is 71.6 cm³/mol. The van der Waals surface area contributed by atoms with Crippen molar-refractivity contribution in [1.29, 1.82) is 0 Å². The van der Waals surface area contributed by atoms with Crippen LogP contribution in [0.4, 0.5) is 5.69 Å². The van der Waals surface area contributed by atoms with E-state index in [1.165, 1.54) is 0 Å². The average molecular weight is 264 g/mol. The fraction of sp³-hybridized carbons (Fsp3) is 0.385. The molecule has 1 aromatic rings. The standard InChI is InChI=1S/C13H14ClN3O/c1-15-12(18)10-5-4-9(8-11(10)14)17-13(16-2)6-3-7-13/h4-5,8,17H,3,6-7H2,1H3,(H,15,18). The highest BCUT2D eigenvalue weighted by Crippen LogP contribution is 2.37. The summed E-state index contributed by atoms with van der Waals surface area (Å²) in [7, 11) is 1.56. The topological polar surface area (TPSA) is 45.5 Å². The van der Waals surface area contributed by atoms with Gasteiger partial charge in [-0.15, -0.1) is 0 Å². The van der Waals surface area contributed by atoms with Crippen LogP contribution in [0.15, 0.2) is 18.2 Å². The number of carbonyl (C=O) groups excluding carboxylic acids is 1. The summed E-state index contributed by atoms with van der Waals surface area (Å²) in [5, 5.41) is 6.12. The summed E-state index contributed by atoms with van der Waals surface area (Å²) in [6.07, 6.45) is 2.77. The second kappa shape index (κ2) is 4.87. The van der Waals surface area contributed by atoms with Gasteiger partial charge in [-0.2, -0.15) is 0 Å². The molecule has 1 fully saturated rings. The van der Waals surface area contributed by atoms with E-state index in [9.17, 15) is 4.79 Å². The first-order chi connectivity index (χ1) is 8.60. The Kier molecular flexibility index (Phi) is 3.44. The number of rotatable bonds is 3. The lowest BCUT2D eigenvalue weighted by atomic mass is 9.85. The number of carbonyl (C=O) groups is 1. The van der Waals surface area contributed by atoms with Crippen molar-refractivity contribution in [2.24, 2.45) is 0 Å². The van der Waals surface area contributed by atoms with Gasteiger partial charge < -0.3 is 10.6 Å². The van der Waals surface area contributed by atoms with Crippen molar-refractivity contribution in [2.45, 2.75) is 24.9 Å². The Morgan fingerprint density at radius 1 is 1.50 bits per heavy atom. The first-order valence-electron chi connectivity index (χ1n) is 5.79. The third-order valence-electron chi connectivity index (χ3n) is 3.21. The molecule has 94 valence electrons. The average Bonchev–Trinajstić information content (AvgIpc) is 2.33. The maximum absolute atomic E-state index is 11.5. The van der Waals surface area contributed by atoms with Crippen LogP contribution < -0.4 is 10.6 Å². The van der Waals surface area contributed by atoms with E-state index >= 15 is 0 Å². The molecule has 0 radical (unpaired) electrons. The zero-order chi connectivity index (χ0) is 13.2. The molecule has 2 rings (SSSR count). The number of amides is 1. The summed E-state index contributed by atoms with van der Waals surface area (Å²) in [4.78, 5) is 15.1. The van der Waals surface area contributed by atoms with Crippen LogP contribution in [-0.2, 0) is 0 Å². The Balaban J connectivity index is 2.19. The molecular weight excluding hydrogens is 250 g/mol. The molecule has 1 aromatic carbocycles. The first-order valence-corrected chi connectivity index (χ1v) is 6.16. The Labute approximate surface area is 111 Å². The Morgan fingerprint density at radius 3 is 2.67 bits per heavy atom. The van der Waals surface area contributed by atoms with E-state index in [2.05, 4.69) is 15.5 Å². The van der Waals surface area contributed by atoms with Gasteiger partial charge in [-0.25, -0.2) is 6.57 Å². The molecule has 4 nitrogen and oxygen atoms in total. The van der Waals surface area contributed by atoms with E-state index in [1.54, 1.807) is 25.2 Å². The molecule has 5 heteroatoms. The van der Waals surface area contributed by atoms with Crippen LogP contribution in [-0.4, -0.2) is 18.6 Å². The van der Waals surface area contributed by atoms with Crippen molar-refractivity contribution in [3.05, 3.63) is 40.2 Å². The predicted octanol–water partition coefficient (Wildman–Crippen LogP) is 2.91. The molecule has 0 aliphatic heterocycles. The first kappa shape index (κ1) is 12.7. The van der Waals surface area contributed by atoms with Crippen LogP contribution >= 0.6 is 11.6 Å². The molecule has 1 aliphatic rings. The minimum Gasteiger partial charge on any atom is -0.355 e. The number of nitrogens with zero attached hydrogens (tertiary/aromatic N) is 1. The molecule has 0 atom stereocenters. The summed E-state index contributed by atoms with van der Waals surface area (Å²) < 4.78 is 0. The van der Waals surface area contributed by atoms with Gasteiger partial charge in [0, 0.05) is 25.6 Å². The van der Waals surface area contributed by atoms with E-state index < -0.39 is 5.66 Å². The van der Waals surface area contributed by atoms with Crippen LogP contribution in [0.5, 0.6) is 0 Å². The van der Waals surface area contributed by atoms with Gasteiger partial charge in [0.15, 0.2) is 0 Å². The summed E-state index contributed by atoms with van der Waals surface area (Å²) in [6, 6.07) is 5.14. The lowest BCUT2D eigenvalue weighted by Crippen LogP contribution is -2.41. The zero-order valence-electron chi connectivity index (χ0n) is 10.1. The van der Waals surface area contributed by atoms with Crippen LogP contribution in [0.2, 0.25) is 5.02 Å². The second-order valence-electron chi connectivity index (χ2n) is 4.40. The van der Waals surface area contributed by atoms with Crippen LogP contribution in [0.25, 0.3) is 4.85 Å². The van der Waals surface area contributed by atoms with Crippen LogP contribution in [0.3, 0.4) is 0 Å². The number of hydrogen-bond donors (Lipinski definition) is 2. The van der Waals surface area contributed by atoms with Gasteiger partial charge in [0.2, 0.25) is 0 Å². The molecular formula is C13H14ClN3O. The molecule has 2 N–H and O–H groups in total. The molecule has 0 aromatic heterocycles. The number of nitrogens with one attached hydrogen (secondary N) is 2. The summed E-state index contributed by atoms with van der Waals surface area (Å²) in [5.74, 6) is -0.213. The summed E-state index contributed by atoms with van der Waals surface area (Å²) >= 11 is 6.06. The number of hydrogen-bond acceptors (Lipinski definition) is 2. The normalized spacial score (nSPS) is 16.3. The summed E-state index contributed by atoms with van der Waals surface area (Å²) in [5.41, 5.74) is 0.747. The number of benzene rings is 1. The third-order valence-corrected chi connectivity index (χ3v) is 3.53. The molecule has 18 heavy (non-hydrogen) atoms. The van der Waals surface area contributed by atoms with Gasteiger partial charge in [0.05, 0.1) is 10.6 Å². The van der Waals surface area contributed by atoms with Gasteiger partial charge in [-0.05, 0) is 24.6 Å². The highest BCUT2D eigenvalue weighted by atomic mass is 35.5. The van der Waals surface area contributed by atoms with E-state index in [1.807, 2.05) is 0 Å². The van der Waals surface area contributed by atoms with Crippen molar-refractivity contribution in [3.63, 3.8) is 0 Å². The minimum atomic E-state index is -0.474. The monoisotopic (exact) mass is 263 g/mol. The van der Waals surface area contributed by atoms with Crippen molar-refractivity contribution in [2.75, 3.05) is 12.4 Å². The highest BCUT2D eigenvalue weighted by Gasteiger charge is 2.43. The largest absolute Gasteiger partial charge is 0.355 e. The number of halogens is 1. The van der Waals surface area contributed by atoms with Crippen molar-refractivity contribution < 1.29 is 4.79 Å². The Bertz CT molecular complexity index is 517. The van der Waals surface area contributed by atoms with E-state index in [-0.39, 0.29) is 5.91 Å². The molecule has 1 saturated carbocycles. The Morgan fingerprint density at radius 2 is 2.22 bits per heavy atom. The van der Waals surface area contributed by atoms with E-state index in [4.69, 9.17) is 18.2 Å². The molecule has 0 unspecified atom stereocenters. The van der Waals surface area contributed by atoms with Gasteiger partial charge in [-0.3, -0.25) is 9.64 Å². The second-order valence-corrected chi connectivity index (χ2v) is 4.80. The van der Waals surface area contributed by atoms with Gasteiger partial charge in [-0.1, -0.05) is 11.6 Å². The van der Waals surface area contributed by atoms with Crippen LogP contribution in [0, 0.1) is 6.57 Å². The quantitative estimate of drug-likeness (QED) is 0.824. The fourth-order valence-electron chi connectivity index (χ4n) is 1.96. The molecule has 1 aliphatic carbocycles. The van der Waals surface area contributed by atoms with Crippen molar-refractivity contribution in [3.8, 4) is 0 Å². The SMILES string of the molecule is [C-]#[N+]C1(Nc2ccc(C(=O)NC)c(Cl)c2)CCC1. The van der Waals surface area contributed by atoms with E-state index in [0.717, 1.165) is 24.9 Å². The Hall–Kier alpha value is -1.73. The van der Waals surface area contributed by atoms with Gasteiger partial charge in [0.25, 0.3) is 5.91 Å². The van der Waals surface area contributed by atoms with Crippen LogP contribution in [0.1, 0.15) is 29.6 Å². The van der Waals surface area contributed by atoms with Crippen molar-refractivity contribution in [1.82, 2.24) is 5.32 Å². The zero-order valence-corrected chi connectivity index (χ0v) is 10.8. The molecule has 1 amide bonds. The maximum Gasteiger partial charge on any atom is 0.305 e. The van der Waals surface area contributed by atoms with Gasteiger partial charge in [0.1, 0.15) is 0 Å².